The van der Waals surface area contributed by atoms with Gasteiger partial charge in [-0.1, -0.05) is 79.0 Å². The van der Waals surface area contributed by atoms with E-state index in [2.05, 4.69) is 16.0 Å². The third-order valence-electron chi connectivity index (χ3n) is 8.99. The van der Waals surface area contributed by atoms with Crippen LogP contribution < -0.4 is 0 Å². The highest BCUT2D eigenvalue weighted by Crippen LogP contribution is 2.59. The van der Waals surface area contributed by atoms with Crippen molar-refractivity contribution in [3.05, 3.63) is 117 Å². The first kappa shape index (κ1) is 33.5. The number of carbonyl (C=O) groups excluding carboxylic acids is 3. The predicted molar refractivity (Wildman–Crippen MR) is 176 cm³/mol. The molecule has 6 rings (SSSR count). The van der Waals surface area contributed by atoms with Crippen molar-refractivity contribution in [2.75, 3.05) is 6.73 Å². The molecule has 1 N–H and O–H groups in total. The summed E-state index contributed by atoms with van der Waals surface area (Å²) in [4.78, 5) is 46.1. The van der Waals surface area contributed by atoms with Crippen LogP contribution in [0.5, 0.6) is 0 Å². The van der Waals surface area contributed by atoms with Crippen LogP contribution in [0.2, 0.25) is 10.0 Å². The van der Waals surface area contributed by atoms with Gasteiger partial charge in [0.25, 0.3) is 11.8 Å². The summed E-state index contributed by atoms with van der Waals surface area (Å²) < 4.78 is 5.33. The summed E-state index contributed by atoms with van der Waals surface area (Å²) in [5, 5.41) is 12.5. The Kier molecular flexibility index (Phi) is 9.82. The third kappa shape index (κ3) is 6.52. The van der Waals surface area contributed by atoms with E-state index >= 15 is 0 Å². The van der Waals surface area contributed by atoms with Gasteiger partial charge in [-0.3, -0.25) is 14.4 Å². The number of nitrogens with zero attached hydrogens (tertiary/aromatic N) is 3. The molecule has 8 nitrogen and oxygen atoms in total. The smallest absolute Gasteiger partial charge is 0.311 e. The quantitative estimate of drug-likeness (QED) is 0.164. The van der Waals surface area contributed by atoms with Gasteiger partial charge in [0, 0.05) is 44.7 Å². The number of hydrogen-bond donors (Lipinski definition) is 1. The average molecular weight is 663 g/mol. The van der Waals surface area contributed by atoms with E-state index in [0.717, 1.165) is 17.7 Å². The zero-order valence-corrected chi connectivity index (χ0v) is 27.8. The second-order valence-electron chi connectivity index (χ2n) is 12.7. The lowest BCUT2D eigenvalue weighted by Crippen LogP contribution is -2.35. The van der Waals surface area contributed by atoms with Crippen molar-refractivity contribution >= 4 is 41.0 Å². The molecule has 2 aliphatic carbocycles. The summed E-state index contributed by atoms with van der Waals surface area (Å²) in [6.45, 7) is 7.83. The number of aliphatic hydroxyl groups is 1. The zero-order chi connectivity index (χ0) is 33.2. The first-order chi connectivity index (χ1) is 21.9. The maximum Gasteiger partial charge on any atom is 0.311 e. The van der Waals surface area contributed by atoms with Crippen molar-refractivity contribution in [1.29, 1.82) is 0 Å². The van der Waals surface area contributed by atoms with Gasteiger partial charge in [0.05, 0.1) is 5.92 Å². The van der Waals surface area contributed by atoms with Crippen molar-refractivity contribution in [2.24, 2.45) is 17.3 Å². The van der Waals surface area contributed by atoms with E-state index in [4.69, 9.17) is 27.9 Å². The molecule has 0 saturated heterocycles. The third-order valence-corrected chi connectivity index (χ3v) is 9.57. The van der Waals surface area contributed by atoms with Crippen LogP contribution in [0.1, 0.15) is 70.1 Å². The molecule has 1 fully saturated rings. The van der Waals surface area contributed by atoms with Crippen molar-refractivity contribution in [2.45, 2.75) is 59.0 Å². The molecule has 0 radical (unpaired) electrons. The van der Waals surface area contributed by atoms with Crippen LogP contribution in [0, 0.1) is 17.3 Å². The highest BCUT2D eigenvalue weighted by molar-refractivity contribution is 6.31. The molecule has 3 unspecified atom stereocenters. The van der Waals surface area contributed by atoms with Gasteiger partial charge >= 0.3 is 5.97 Å². The van der Waals surface area contributed by atoms with Gasteiger partial charge < -0.3 is 9.84 Å². The Morgan fingerprint density at radius 1 is 0.978 bits per heavy atom. The highest BCUT2D eigenvalue weighted by Gasteiger charge is 2.61. The minimum atomic E-state index is -1.45. The number of allylic oxidation sites excluding steroid dienone is 2. The van der Waals surface area contributed by atoms with Crippen LogP contribution in [0.25, 0.3) is 0 Å². The van der Waals surface area contributed by atoms with Crippen molar-refractivity contribution in [3.8, 4) is 0 Å². The molecule has 240 valence electrons. The molecule has 46 heavy (non-hydrogen) atoms. The molecular weight excluding hydrogens is 625 g/mol. The second kappa shape index (κ2) is 13.5. The van der Waals surface area contributed by atoms with Gasteiger partial charge in [-0.2, -0.15) is 0 Å². The minimum absolute atomic E-state index is 0.134. The minimum Gasteiger partial charge on any atom is -0.443 e. The topological polar surface area (TPSA) is 110 Å². The Balaban J connectivity index is 0.000000182. The summed E-state index contributed by atoms with van der Waals surface area (Å²) in [5.41, 5.74) is 2.56. The number of imide groups is 1. The fourth-order valence-electron chi connectivity index (χ4n) is 6.34. The van der Waals surface area contributed by atoms with E-state index in [1.807, 2.05) is 39.8 Å². The molecule has 3 aliphatic rings. The lowest BCUT2D eigenvalue weighted by Gasteiger charge is -2.30. The molecule has 2 heterocycles. The fraction of sp³-hybridized carbons (Fsp3) is 0.361. The molecular formula is C36H37Cl2N3O5. The van der Waals surface area contributed by atoms with Crippen LogP contribution in [-0.2, 0) is 24.7 Å². The van der Waals surface area contributed by atoms with Gasteiger partial charge in [-0.05, 0) is 74.6 Å². The molecule has 1 aliphatic heterocycles. The summed E-state index contributed by atoms with van der Waals surface area (Å²) in [7, 11) is 0. The molecule has 1 saturated carbocycles. The van der Waals surface area contributed by atoms with Crippen LogP contribution in [-0.4, -0.2) is 44.5 Å². The SMILES string of the molecule is CC(C)=CC1C(C(=O)OCN2C(=O)C3=C(CCCC3)C2=O)C1(C)C.OC(c1ccc(Cl)cc1)(c1cncnc1)c1ccccc1Cl. The van der Waals surface area contributed by atoms with Gasteiger partial charge in [-0.15, -0.1) is 0 Å². The first-order valence-corrected chi connectivity index (χ1v) is 16.0. The number of rotatable bonds is 7. The number of ether oxygens (including phenoxy) is 1. The van der Waals surface area contributed by atoms with Crippen LogP contribution in [0.4, 0.5) is 0 Å². The first-order valence-electron chi connectivity index (χ1n) is 15.3. The summed E-state index contributed by atoms with van der Waals surface area (Å²) in [6.07, 6.45) is 9.84. The zero-order valence-electron chi connectivity index (χ0n) is 26.3. The largest absolute Gasteiger partial charge is 0.443 e. The molecule has 0 bridgehead atoms. The Hall–Kier alpha value is -3.85. The van der Waals surface area contributed by atoms with Crippen LogP contribution in [0.15, 0.2) is 90.0 Å². The number of carbonyl (C=O) groups is 3. The van der Waals surface area contributed by atoms with E-state index < -0.39 is 5.60 Å². The molecule has 3 aromatic rings. The van der Waals surface area contributed by atoms with Crippen molar-refractivity contribution < 1.29 is 24.2 Å². The van der Waals surface area contributed by atoms with Crippen molar-refractivity contribution in [1.82, 2.24) is 14.9 Å². The monoisotopic (exact) mass is 661 g/mol. The maximum absolute atomic E-state index is 12.4. The van der Waals surface area contributed by atoms with Gasteiger partial charge in [-0.25, -0.2) is 14.9 Å². The maximum atomic E-state index is 12.4. The second-order valence-corrected chi connectivity index (χ2v) is 13.5. The summed E-state index contributed by atoms with van der Waals surface area (Å²) in [5.74, 6) is -0.932. The van der Waals surface area contributed by atoms with Crippen molar-refractivity contribution in [3.63, 3.8) is 0 Å². The number of esters is 1. The highest BCUT2D eigenvalue weighted by atomic mass is 35.5. The standard InChI is InChI=1S/C19H25NO4.C17H12Cl2N2O/c1-11(2)9-14-15(19(14,3)4)18(23)24-10-20-16(21)12-7-5-6-8-13(12)17(20)22;18-14-7-5-12(6-8-14)17(22,13-9-20-11-21-10-13)15-3-1-2-4-16(15)19/h9,14-15H,5-8,10H2,1-4H3;1-11,22H. The molecule has 1 aromatic heterocycles. The fourth-order valence-corrected chi connectivity index (χ4v) is 6.74. The van der Waals surface area contributed by atoms with E-state index in [9.17, 15) is 19.5 Å². The number of halogens is 2. The lowest BCUT2D eigenvalue weighted by molar-refractivity contribution is -0.156. The number of hydrogen-bond acceptors (Lipinski definition) is 7. The Bertz CT molecular complexity index is 1670. The number of benzene rings is 2. The number of amides is 2. The van der Waals surface area contributed by atoms with Gasteiger partial charge in [0.2, 0.25) is 0 Å². The summed E-state index contributed by atoms with van der Waals surface area (Å²) in [6, 6.07) is 14.1. The Labute approximate surface area is 279 Å². The number of aromatic nitrogens is 2. The molecule has 2 amide bonds. The van der Waals surface area contributed by atoms with E-state index in [-0.39, 0.29) is 41.8 Å². The van der Waals surface area contributed by atoms with Crippen LogP contribution >= 0.6 is 23.2 Å². The van der Waals surface area contributed by atoms with Gasteiger partial charge in [0.15, 0.2) is 6.73 Å². The van der Waals surface area contributed by atoms with Crippen LogP contribution in [0.3, 0.4) is 0 Å². The average Bonchev–Trinajstić information content (AvgIpc) is 3.49. The van der Waals surface area contributed by atoms with E-state index in [0.29, 0.717) is 50.7 Å². The van der Waals surface area contributed by atoms with Gasteiger partial charge in [0.1, 0.15) is 11.9 Å². The molecule has 2 aromatic carbocycles. The van der Waals surface area contributed by atoms with E-state index in [1.54, 1.807) is 48.8 Å². The van der Waals surface area contributed by atoms with E-state index in [1.165, 1.54) is 11.9 Å². The molecule has 3 atom stereocenters. The molecule has 10 heteroatoms. The lowest BCUT2D eigenvalue weighted by atomic mass is 9.81. The predicted octanol–water partition coefficient (Wildman–Crippen LogP) is 7.03. The summed E-state index contributed by atoms with van der Waals surface area (Å²) >= 11 is 12.3. The normalized spacial score (nSPS) is 21.1. The Morgan fingerprint density at radius 2 is 1.57 bits per heavy atom. The Morgan fingerprint density at radius 3 is 2.13 bits per heavy atom. The molecule has 0 spiro atoms.